The van der Waals surface area contributed by atoms with E-state index in [-0.39, 0.29) is 6.61 Å². The number of nitrogens with one attached hydrogen (secondary N) is 1. The fourth-order valence-corrected chi connectivity index (χ4v) is 1.49. The van der Waals surface area contributed by atoms with E-state index < -0.39 is 32.4 Å². The number of ether oxygens (including phenoxy) is 3. The Kier molecular flexibility index (Phi) is 4.93. The van der Waals surface area contributed by atoms with Crippen LogP contribution >= 0.6 is 0 Å². The molecule has 0 spiro atoms. The van der Waals surface area contributed by atoms with E-state index in [1.54, 1.807) is 31.4 Å². The van der Waals surface area contributed by atoms with Crippen molar-refractivity contribution in [2.75, 3.05) is 33.5 Å². The third kappa shape index (κ3) is 8.67. The third-order valence-corrected chi connectivity index (χ3v) is 2.58. The van der Waals surface area contributed by atoms with Crippen LogP contribution in [0.5, 0.6) is 5.75 Å². The fraction of sp³-hybridized carbons (Fsp3) is 0.625. The zero-order valence-corrected chi connectivity index (χ0v) is 12.1. The normalized spacial score (nSPS) is 19.2. The molecule has 1 unspecified atom stereocenters. The van der Waals surface area contributed by atoms with E-state index in [1.165, 1.54) is 0 Å². The fourth-order valence-electron chi connectivity index (χ4n) is 1.49. The molecule has 0 aliphatic carbocycles. The lowest BCUT2D eigenvalue weighted by Gasteiger charge is -2.15. The van der Waals surface area contributed by atoms with Crippen LogP contribution in [-0.4, -0.2) is 50.7 Å². The number of hydrogen-bond acceptors (Lipinski definition) is 5. The first-order valence-corrected chi connectivity index (χ1v) is 6.62. The Morgan fingerprint density at radius 2 is 2.05 bits per heavy atom. The highest BCUT2D eigenvalue weighted by Gasteiger charge is 2.06. The highest BCUT2D eigenvalue weighted by molar-refractivity contribution is 5.26. The molecular weight excluding hydrogens is 270 g/mol. The Hall–Kier alpha value is -1.14. The molecule has 1 aromatic carbocycles. The van der Waals surface area contributed by atoms with E-state index in [4.69, 9.17) is 23.8 Å². The summed E-state index contributed by atoms with van der Waals surface area (Å²) in [5.41, 5.74) is 0.931. The number of hydrogen-bond donors (Lipinski definition) is 2. The van der Waals surface area contributed by atoms with Crippen molar-refractivity contribution in [2.24, 2.45) is 0 Å². The van der Waals surface area contributed by atoms with Gasteiger partial charge in [-0.3, -0.25) is 0 Å². The van der Waals surface area contributed by atoms with E-state index in [0.29, 0.717) is 25.6 Å². The van der Waals surface area contributed by atoms with Gasteiger partial charge in [-0.25, -0.2) is 0 Å². The minimum atomic E-state index is -3.10. The van der Waals surface area contributed by atoms with Crippen LogP contribution in [0.4, 0.5) is 0 Å². The van der Waals surface area contributed by atoms with Gasteiger partial charge in [0, 0.05) is 29.3 Å². The van der Waals surface area contributed by atoms with E-state index in [1.807, 2.05) is 0 Å². The maximum Gasteiger partial charge on any atom is 0.119 e. The molecule has 0 aliphatic rings. The Morgan fingerprint density at radius 1 is 1.29 bits per heavy atom. The second kappa shape index (κ2) is 10.6. The van der Waals surface area contributed by atoms with Gasteiger partial charge in [-0.15, -0.1) is 0 Å². The van der Waals surface area contributed by atoms with Crippen molar-refractivity contribution in [1.82, 2.24) is 5.32 Å². The molecule has 1 aromatic rings. The van der Waals surface area contributed by atoms with E-state index >= 15 is 0 Å². The van der Waals surface area contributed by atoms with Crippen molar-refractivity contribution in [3.8, 4) is 5.75 Å². The molecule has 0 aliphatic heterocycles. The number of rotatable bonds is 11. The first-order valence-electron chi connectivity index (χ1n) is 10.1. The zero-order chi connectivity index (χ0) is 21.4. The summed E-state index contributed by atoms with van der Waals surface area (Å²) in [5, 5.41) is 12.1. The molecule has 0 bridgehead atoms. The molecular formula is C16H27NO4. The van der Waals surface area contributed by atoms with Crippen LogP contribution in [0, 0.1) is 0 Å². The Bertz CT molecular complexity index is 564. The first kappa shape index (κ1) is 9.79. The SMILES string of the molecule is [2H]C([2H])([2H])C([2H])(NCC(O)COc1ccc(COCCOC)cc1)C([2H])([2H])[2H]. The van der Waals surface area contributed by atoms with Gasteiger partial charge in [0.1, 0.15) is 18.5 Å². The highest BCUT2D eigenvalue weighted by atomic mass is 16.5. The largest absolute Gasteiger partial charge is 0.491 e. The van der Waals surface area contributed by atoms with Crippen molar-refractivity contribution in [2.45, 2.75) is 32.4 Å². The van der Waals surface area contributed by atoms with Crippen LogP contribution in [-0.2, 0) is 16.1 Å². The molecule has 0 amide bonds. The molecule has 0 saturated heterocycles. The van der Waals surface area contributed by atoms with Crippen molar-refractivity contribution in [1.29, 1.82) is 0 Å². The van der Waals surface area contributed by atoms with E-state index in [0.717, 1.165) is 5.56 Å². The molecule has 0 heterocycles. The monoisotopic (exact) mass is 304 g/mol. The number of methoxy groups -OCH3 is 1. The summed E-state index contributed by atoms with van der Waals surface area (Å²) in [6.45, 7) is -5.40. The smallest absolute Gasteiger partial charge is 0.119 e. The van der Waals surface area contributed by atoms with E-state index in [2.05, 4.69) is 5.32 Å². The molecule has 1 atom stereocenters. The minimum Gasteiger partial charge on any atom is -0.491 e. The quantitative estimate of drug-likeness (QED) is 0.608. The summed E-state index contributed by atoms with van der Waals surface area (Å²) in [6.07, 6.45) is -1.20. The standard InChI is InChI=1S/C16H27NO4/c1-13(2)17-10-15(18)12-21-16-6-4-14(5-7-16)11-20-9-8-19-3/h4-7,13,15,17-18H,8-12H2,1-3H3/i1D3,2D3,13D. The van der Waals surface area contributed by atoms with Gasteiger partial charge in [0.05, 0.1) is 19.8 Å². The van der Waals surface area contributed by atoms with Crippen molar-refractivity contribution in [3.63, 3.8) is 0 Å². The highest BCUT2D eigenvalue weighted by Crippen LogP contribution is 2.13. The van der Waals surface area contributed by atoms with Crippen LogP contribution in [0.25, 0.3) is 0 Å². The van der Waals surface area contributed by atoms with Gasteiger partial charge in [0.2, 0.25) is 0 Å². The second-order valence-electron chi connectivity index (χ2n) is 4.41. The first-order chi connectivity index (χ1) is 12.9. The average molecular weight is 304 g/mol. The Balaban J connectivity index is 2.48. The predicted octanol–water partition coefficient (Wildman–Crippen LogP) is 1.59. The number of aliphatic hydroxyl groups is 1. The van der Waals surface area contributed by atoms with Crippen LogP contribution in [0.1, 0.15) is 28.9 Å². The van der Waals surface area contributed by atoms with Gasteiger partial charge in [0.25, 0.3) is 0 Å². The lowest BCUT2D eigenvalue weighted by molar-refractivity contribution is 0.0616. The molecule has 0 radical (unpaired) electrons. The van der Waals surface area contributed by atoms with Gasteiger partial charge < -0.3 is 24.6 Å². The Labute approximate surface area is 137 Å². The van der Waals surface area contributed by atoms with Gasteiger partial charge in [0.15, 0.2) is 0 Å². The zero-order valence-electron chi connectivity index (χ0n) is 19.1. The summed E-state index contributed by atoms with van der Waals surface area (Å²) in [5.74, 6) is 0.475. The predicted molar refractivity (Wildman–Crippen MR) is 82.6 cm³/mol. The maximum atomic E-state index is 9.96. The van der Waals surface area contributed by atoms with Gasteiger partial charge in [-0.05, 0) is 17.7 Å². The summed E-state index contributed by atoms with van der Waals surface area (Å²) >= 11 is 0. The third-order valence-electron chi connectivity index (χ3n) is 2.58. The molecule has 2 N–H and O–H groups in total. The molecule has 1 rings (SSSR count). The topological polar surface area (TPSA) is 60.0 Å². The minimum absolute atomic E-state index is 0.200. The molecule has 5 nitrogen and oxygen atoms in total. The maximum absolute atomic E-state index is 9.96. The molecule has 0 saturated carbocycles. The number of benzene rings is 1. The van der Waals surface area contributed by atoms with Gasteiger partial charge >= 0.3 is 0 Å². The Morgan fingerprint density at radius 3 is 2.71 bits per heavy atom. The lowest BCUT2D eigenvalue weighted by Crippen LogP contribution is -2.35. The average Bonchev–Trinajstić information content (AvgIpc) is 2.60. The van der Waals surface area contributed by atoms with Crippen LogP contribution in [0.15, 0.2) is 24.3 Å². The summed E-state index contributed by atoms with van der Waals surface area (Å²) in [7, 11) is 1.59. The van der Waals surface area contributed by atoms with Crippen LogP contribution in [0.3, 0.4) is 0 Å². The molecule has 21 heavy (non-hydrogen) atoms. The molecule has 120 valence electrons. The van der Waals surface area contributed by atoms with E-state index in [9.17, 15) is 5.11 Å². The summed E-state index contributed by atoms with van der Waals surface area (Å²) < 4.78 is 67.3. The van der Waals surface area contributed by atoms with Crippen LogP contribution < -0.4 is 10.1 Å². The summed E-state index contributed by atoms with van der Waals surface area (Å²) in [6, 6.07) is 4.09. The molecule has 5 heteroatoms. The van der Waals surface area contributed by atoms with Crippen molar-refractivity contribution >= 4 is 0 Å². The van der Waals surface area contributed by atoms with Gasteiger partial charge in [-0.2, -0.15) is 0 Å². The van der Waals surface area contributed by atoms with Crippen molar-refractivity contribution < 1.29 is 28.9 Å². The molecule has 0 aromatic heterocycles. The van der Waals surface area contributed by atoms with Crippen LogP contribution in [0.2, 0.25) is 0 Å². The van der Waals surface area contributed by atoms with Crippen molar-refractivity contribution in [3.05, 3.63) is 29.8 Å². The lowest BCUT2D eigenvalue weighted by atomic mass is 10.2. The summed E-state index contributed by atoms with van der Waals surface area (Å²) in [4.78, 5) is 0. The number of aliphatic hydroxyl groups excluding tert-OH is 1. The second-order valence-corrected chi connectivity index (χ2v) is 4.41. The molecule has 0 fully saturated rings. The van der Waals surface area contributed by atoms with Gasteiger partial charge in [-0.1, -0.05) is 25.8 Å².